The molecule has 1 aromatic rings. The van der Waals surface area contributed by atoms with Crippen molar-refractivity contribution in [3.8, 4) is 0 Å². The normalized spacial score (nSPS) is 9.92. The summed E-state index contributed by atoms with van der Waals surface area (Å²) in [6.07, 6.45) is 1.83. The molecule has 0 saturated carbocycles. The second kappa shape index (κ2) is 16.4. The van der Waals surface area contributed by atoms with E-state index in [4.69, 9.17) is 15.3 Å². The average Bonchev–Trinajstić information content (AvgIpc) is 2.56. The summed E-state index contributed by atoms with van der Waals surface area (Å²) in [6, 6.07) is 10.0. The van der Waals surface area contributed by atoms with Gasteiger partial charge in [0.25, 0.3) is 0 Å². The quantitative estimate of drug-likeness (QED) is 0.504. The van der Waals surface area contributed by atoms with Crippen LogP contribution in [0.15, 0.2) is 49.1 Å². The first-order valence-electron chi connectivity index (χ1n) is 8.38. The molecule has 4 heteroatoms. The maximum atomic E-state index is 8.81. The molecule has 0 aromatic heterocycles. The Kier molecular flexibility index (Phi) is 16.9. The molecule has 0 atom stereocenters. The van der Waals surface area contributed by atoms with E-state index in [0.717, 1.165) is 6.54 Å². The molecule has 0 radical (unpaired) electrons. The van der Waals surface area contributed by atoms with E-state index in [1.165, 1.54) is 11.1 Å². The topological polar surface area (TPSA) is 60.7 Å². The number of hydrogen-bond donors (Lipinski definition) is 3. The van der Waals surface area contributed by atoms with Gasteiger partial charge in [-0.1, -0.05) is 48.6 Å². The third kappa shape index (κ3) is 14.2. The molecule has 0 bridgehead atoms. The number of aliphatic hydroxyl groups is 3. The van der Waals surface area contributed by atoms with Crippen molar-refractivity contribution in [2.75, 3.05) is 46.0 Å². The lowest BCUT2D eigenvalue weighted by atomic mass is 10.2. The number of likely N-dealkylation sites (N-methyl/N-ethyl adjacent to an activating group) is 1. The van der Waals surface area contributed by atoms with Crippen LogP contribution in [-0.2, 0) is 0 Å². The summed E-state index contributed by atoms with van der Waals surface area (Å²) in [5, 5.41) is 26.4. The van der Waals surface area contributed by atoms with E-state index in [9.17, 15) is 0 Å². The summed E-state index contributed by atoms with van der Waals surface area (Å²) >= 11 is 0. The van der Waals surface area contributed by atoms with E-state index in [1.54, 1.807) is 0 Å². The predicted octanol–water partition coefficient (Wildman–Crippen LogP) is 2.71. The van der Waals surface area contributed by atoms with E-state index in [1.807, 2.05) is 57.2 Å². The summed E-state index contributed by atoms with van der Waals surface area (Å²) in [7, 11) is 0. The highest BCUT2D eigenvalue weighted by molar-refractivity contribution is 5.45. The molecular weight excluding hydrogens is 302 g/mol. The van der Waals surface area contributed by atoms with Gasteiger partial charge in [0.1, 0.15) is 19.6 Å². The molecule has 1 rings (SSSR count). The zero-order valence-corrected chi connectivity index (χ0v) is 15.6. The molecule has 24 heavy (non-hydrogen) atoms. The Morgan fingerprint density at radius 3 is 1.54 bits per heavy atom. The monoisotopic (exact) mass is 338 g/mol. The van der Waals surface area contributed by atoms with Crippen LogP contribution in [-0.4, -0.2) is 65.8 Å². The van der Waals surface area contributed by atoms with Crippen molar-refractivity contribution in [2.45, 2.75) is 20.8 Å². The van der Waals surface area contributed by atoms with Crippen molar-refractivity contribution in [3.05, 3.63) is 54.6 Å². The van der Waals surface area contributed by atoms with Gasteiger partial charge in [0.2, 0.25) is 0 Å². The summed E-state index contributed by atoms with van der Waals surface area (Å²) in [6.45, 7) is 16.1. The van der Waals surface area contributed by atoms with Gasteiger partial charge in [-0.05, 0) is 26.3 Å². The first-order chi connectivity index (χ1) is 11.4. The highest BCUT2D eigenvalue weighted by Crippen LogP contribution is 2.04. The molecule has 138 valence electrons. The Morgan fingerprint density at radius 1 is 0.958 bits per heavy atom. The Labute approximate surface area is 148 Å². The van der Waals surface area contributed by atoms with Gasteiger partial charge in [0.15, 0.2) is 0 Å². The lowest BCUT2D eigenvalue weighted by molar-refractivity contribution is -0.927. The summed E-state index contributed by atoms with van der Waals surface area (Å²) in [5.74, 6) is 0. The molecule has 0 heterocycles. The van der Waals surface area contributed by atoms with Crippen LogP contribution in [0.1, 0.15) is 26.3 Å². The Bertz CT molecular complexity index is 397. The molecule has 3 N–H and O–H groups in total. The molecule has 0 spiro atoms. The average molecular weight is 339 g/mol. The minimum absolute atomic E-state index is 0.105. The number of quaternary nitrogens is 1. The molecule has 0 aliphatic rings. The van der Waals surface area contributed by atoms with Gasteiger partial charge in [-0.3, -0.25) is 0 Å². The molecule has 4 nitrogen and oxygen atoms in total. The lowest BCUT2D eigenvalue weighted by Crippen LogP contribution is -2.53. The fourth-order valence-electron chi connectivity index (χ4n) is 2.04. The third-order valence-corrected chi connectivity index (χ3v) is 3.43. The van der Waals surface area contributed by atoms with Gasteiger partial charge in [-0.15, -0.1) is 6.58 Å². The summed E-state index contributed by atoms with van der Waals surface area (Å²) < 4.78 is 0.601. The van der Waals surface area contributed by atoms with Gasteiger partial charge in [0.05, 0.1) is 26.4 Å². The van der Waals surface area contributed by atoms with Crippen LogP contribution >= 0.6 is 0 Å². The minimum atomic E-state index is 0.105. The van der Waals surface area contributed by atoms with E-state index < -0.39 is 0 Å². The molecule has 1 aromatic carbocycles. The number of aliphatic hydroxyl groups excluding tert-OH is 3. The molecule has 0 fully saturated rings. The van der Waals surface area contributed by atoms with Crippen molar-refractivity contribution >= 4 is 6.08 Å². The maximum Gasteiger partial charge on any atom is 0.102 e. The Balaban J connectivity index is 0. The minimum Gasteiger partial charge on any atom is -0.391 e. The van der Waals surface area contributed by atoms with Crippen molar-refractivity contribution in [1.29, 1.82) is 0 Å². The lowest BCUT2D eigenvalue weighted by Gasteiger charge is -2.36. The van der Waals surface area contributed by atoms with Crippen LogP contribution in [0.5, 0.6) is 0 Å². The van der Waals surface area contributed by atoms with E-state index in [0.29, 0.717) is 24.1 Å². The van der Waals surface area contributed by atoms with Gasteiger partial charge in [0, 0.05) is 0 Å². The van der Waals surface area contributed by atoms with Gasteiger partial charge in [-0.25, -0.2) is 0 Å². The van der Waals surface area contributed by atoms with E-state index in [2.05, 4.69) is 13.2 Å². The van der Waals surface area contributed by atoms with Crippen molar-refractivity contribution < 1.29 is 19.8 Å². The van der Waals surface area contributed by atoms with Gasteiger partial charge >= 0.3 is 0 Å². The number of nitrogens with zero attached hydrogens (tertiary/aromatic N) is 1. The Morgan fingerprint density at radius 2 is 1.33 bits per heavy atom. The Hall–Kier alpha value is -1.46. The SMILES string of the molecule is C=C(C)C.C=Cc1ccccc1.CC[N+](CCO)(CCO)CCO. The highest BCUT2D eigenvalue weighted by atomic mass is 16.3. The molecule has 0 aliphatic carbocycles. The van der Waals surface area contributed by atoms with Crippen LogP contribution in [0.25, 0.3) is 6.08 Å². The highest BCUT2D eigenvalue weighted by Gasteiger charge is 2.22. The molecular formula is C20H36NO3+. The molecule has 0 saturated heterocycles. The zero-order chi connectivity index (χ0) is 18.8. The first kappa shape index (κ1) is 24.8. The fourth-order valence-corrected chi connectivity index (χ4v) is 2.04. The standard InChI is InChI=1S/C8H20NO3.C8H8.C4H8/c1-2-9(3-6-10,4-7-11)5-8-12;1-2-8-6-4-3-5-7-8;1-4(2)3/h10-12H,2-8H2,1H3;2-7H,1H2;1H2,2-3H3/q+1;;. The second-order valence-corrected chi connectivity index (χ2v) is 5.82. The summed E-state index contributed by atoms with van der Waals surface area (Å²) in [4.78, 5) is 0. The fraction of sp³-hybridized carbons (Fsp3) is 0.500. The van der Waals surface area contributed by atoms with Crippen molar-refractivity contribution in [3.63, 3.8) is 0 Å². The van der Waals surface area contributed by atoms with Crippen LogP contribution < -0.4 is 0 Å². The van der Waals surface area contributed by atoms with E-state index >= 15 is 0 Å². The number of hydrogen-bond acceptors (Lipinski definition) is 3. The van der Waals surface area contributed by atoms with Crippen molar-refractivity contribution in [1.82, 2.24) is 0 Å². The third-order valence-electron chi connectivity index (χ3n) is 3.43. The maximum absolute atomic E-state index is 8.81. The van der Waals surface area contributed by atoms with Gasteiger partial charge < -0.3 is 19.8 Å². The van der Waals surface area contributed by atoms with E-state index in [-0.39, 0.29) is 19.8 Å². The number of rotatable bonds is 8. The molecule has 0 unspecified atom stereocenters. The van der Waals surface area contributed by atoms with Crippen molar-refractivity contribution in [2.24, 2.45) is 0 Å². The number of benzene rings is 1. The van der Waals surface area contributed by atoms with Crippen LogP contribution in [0.3, 0.4) is 0 Å². The van der Waals surface area contributed by atoms with Crippen LogP contribution in [0.4, 0.5) is 0 Å². The van der Waals surface area contributed by atoms with Gasteiger partial charge in [-0.2, -0.15) is 0 Å². The first-order valence-corrected chi connectivity index (χ1v) is 8.38. The smallest absolute Gasteiger partial charge is 0.102 e. The second-order valence-electron chi connectivity index (χ2n) is 5.82. The van der Waals surface area contributed by atoms with Crippen LogP contribution in [0, 0.1) is 0 Å². The van der Waals surface area contributed by atoms with Crippen LogP contribution in [0.2, 0.25) is 0 Å². The zero-order valence-electron chi connectivity index (χ0n) is 15.6. The molecule has 0 aliphatic heterocycles. The largest absolute Gasteiger partial charge is 0.391 e. The molecule has 0 amide bonds. The number of allylic oxidation sites excluding steroid dienone is 1. The predicted molar refractivity (Wildman–Crippen MR) is 104 cm³/mol. The summed E-state index contributed by atoms with van der Waals surface area (Å²) in [5.41, 5.74) is 2.34.